The molecule has 2 rings (SSSR count). The minimum absolute atomic E-state index is 0. The first-order chi connectivity index (χ1) is 11.7. The lowest BCUT2D eigenvalue weighted by molar-refractivity contribution is 0.221. The van der Waals surface area contributed by atoms with E-state index in [0.717, 1.165) is 55.5 Å². The average Bonchev–Trinajstić information content (AvgIpc) is 2.65. The molecule has 5 nitrogen and oxygen atoms in total. The lowest BCUT2D eigenvalue weighted by Gasteiger charge is -2.27. The maximum atomic E-state index is 6.14. The topological polar surface area (TPSA) is 54.1 Å². The molecule has 1 heterocycles. The molecule has 0 amide bonds. The first-order valence-corrected chi connectivity index (χ1v) is 9.95. The number of para-hydroxylation sites is 1. The second kappa shape index (κ2) is 12.6. The van der Waals surface area contributed by atoms with Gasteiger partial charge in [-0.2, -0.15) is 11.8 Å². The summed E-state index contributed by atoms with van der Waals surface area (Å²) in [5.74, 6) is 3.81. The minimum atomic E-state index is 0. The van der Waals surface area contributed by atoms with Crippen LogP contribution in [0.4, 0.5) is 0 Å². The highest BCUT2D eigenvalue weighted by Gasteiger charge is 2.12. The zero-order valence-corrected chi connectivity index (χ0v) is 18.5. The van der Waals surface area contributed by atoms with E-state index in [4.69, 9.17) is 10.5 Å². The Kier molecular flexibility index (Phi) is 11.3. The number of nitrogens with zero attached hydrogens (tertiary/aromatic N) is 3. The molecule has 1 aliphatic rings. The first kappa shape index (κ1) is 22.4. The summed E-state index contributed by atoms with van der Waals surface area (Å²) in [7, 11) is 0. The molecule has 2 N–H and O–H groups in total. The van der Waals surface area contributed by atoms with Gasteiger partial charge in [0.15, 0.2) is 5.96 Å². The molecule has 0 aromatic heterocycles. The van der Waals surface area contributed by atoms with Crippen LogP contribution in [0, 0.1) is 0 Å². The number of rotatable bonds is 8. The van der Waals surface area contributed by atoms with Gasteiger partial charge in [-0.05, 0) is 19.2 Å². The minimum Gasteiger partial charge on any atom is -0.492 e. The SMILES string of the molecule is CCN(CC)CCOc1ccccc1CN=C(N)N1CCSCC1.I. The summed E-state index contributed by atoms with van der Waals surface area (Å²) in [5, 5.41) is 0. The Hall–Kier alpha value is -0.670. The van der Waals surface area contributed by atoms with Crippen molar-refractivity contribution in [1.82, 2.24) is 9.80 Å². The number of hydrogen-bond donors (Lipinski definition) is 1. The van der Waals surface area contributed by atoms with E-state index in [1.807, 2.05) is 30.0 Å². The Bertz CT molecular complexity index is 520. The molecule has 0 bridgehead atoms. The summed E-state index contributed by atoms with van der Waals surface area (Å²) in [6.45, 7) is 10.6. The number of halogens is 1. The third-order valence-electron chi connectivity index (χ3n) is 4.28. The molecule has 142 valence electrons. The van der Waals surface area contributed by atoms with E-state index in [1.165, 1.54) is 0 Å². The summed E-state index contributed by atoms with van der Waals surface area (Å²) in [6, 6.07) is 8.11. The number of aliphatic imine (C=N–C) groups is 1. The van der Waals surface area contributed by atoms with Crippen molar-refractivity contribution in [1.29, 1.82) is 0 Å². The van der Waals surface area contributed by atoms with Crippen molar-refractivity contribution in [3.05, 3.63) is 29.8 Å². The fourth-order valence-electron chi connectivity index (χ4n) is 2.66. The molecule has 0 atom stereocenters. The van der Waals surface area contributed by atoms with Crippen LogP contribution >= 0.6 is 35.7 Å². The number of benzene rings is 1. The molecule has 1 aromatic carbocycles. The summed E-state index contributed by atoms with van der Waals surface area (Å²) >= 11 is 1.97. The van der Waals surface area contributed by atoms with Gasteiger partial charge in [0.2, 0.25) is 0 Å². The second-order valence-electron chi connectivity index (χ2n) is 5.76. The molecule has 1 aromatic rings. The zero-order chi connectivity index (χ0) is 17.2. The largest absolute Gasteiger partial charge is 0.492 e. The van der Waals surface area contributed by atoms with Crippen LogP contribution in [-0.4, -0.2) is 66.6 Å². The highest BCUT2D eigenvalue weighted by atomic mass is 127. The Labute approximate surface area is 173 Å². The molecular weight excluding hydrogens is 447 g/mol. The van der Waals surface area contributed by atoms with Crippen LogP contribution in [0.2, 0.25) is 0 Å². The fraction of sp³-hybridized carbons (Fsp3) is 0.611. The summed E-state index contributed by atoms with van der Waals surface area (Å²) in [4.78, 5) is 9.10. The zero-order valence-electron chi connectivity index (χ0n) is 15.3. The fourth-order valence-corrected chi connectivity index (χ4v) is 3.56. The third kappa shape index (κ3) is 7.62. The van der Waals surface area contributed by atoms with Crippen LogP contribution in [0.15, 0.2) is 29.3 Å². The monoisotopic (exact) mass is 478 g/mol. The second-order valence-corrected chi connectivity index (χ2v) is 6.98. The number of guanidine groups is 1. The molecule has 0 aliphatic carbocycles. The van der Waals surface area contributed by atoms with Crippen LogP contribution in [0.5, 0.6) is 5.75 Å². The Morgan fingerprint density at radius 3 is 2.60 bits per heavy atom. The molecule has 1 aliphatic heterocycles. The van der Waals surface area contributed by atoms with Crippen LogP contribution in [0.25, 0.3) is 0 Å². The van der Waals surface area contributed by atoms with Gasteiger partial charge >= 0.3 is 0 Å². The standard InChI is InChI=1S/C18H30N4OS.HI/c1-3-21(4-2)9-12-23-17-8-6-5-7-16(17)15-20-18(19)22-10-13-24-14-11-22;/h5-8H,3-4,9-15H2,1-2H3,(H2,19,20);1H. The van der Waals surface area contributed by atoms with Crippen molar-refractivity contribution in [2.24, 2.45) is 10.7 Å². The highest BCUT2D eigenvalue weighted by molar-refractivity contribution is 14.0. The smallest absolute Gasteiger partial charge is 0.191 e. The van der Waals surface area contributed by atoms with Crippen molar-refractivity contribution in [2.45, 2.75) is 20.4 Å². The number of nitrogens with two attached hydrogens (primary N) is 1. The molecule has 0 unspecified atom stereocenters. The molecule has 0 saturated carbocycles. The average molecular weight is 478 g/mol. The molecule has 7 heteroatoms. The summed E-state index contributed by atoms with van der Waals surface area (Å²) in [6.07, 6.45) is 0. The van der Waals surface area contributed by atoms with Crippen molar-refractivity contribution < 1.29 is 4.74 Å². The summed E-state index contributed by atoms with van der Waals surface area (Å²) < 4.78 is 5.98. The maximum absolute atomic E-state index is 6.14. The molecule has 1 fully saturated rings. The van der Waals surface area contributed by atoms with Crippen LogP contribution in [0.3, 0.4) is 0 Å². The van der Waals surface area contributed by atoms with Gasteiger partial charge in [0.25, 0.3) is 0 Å². The van der Waals surface area contributed by atoms with Crippen molar-refractivity contribution in [3.63, 3.8) is 0 Å². The van der Waals surface area contributed by atoms with Gasteiger partial charge in [-0.15, -0.1) is 24.0 Å². The maximum Gasteiger partial charge on any atom is 0.191 e. The van der Waals surface area contributed by atoms with Gasteiger partial charge in [-0.1, -0.05) is 32.0 Å². The van der Waals surface area contributed by atoms with Gasteiger partial charge in [-0.3, -0.25) is 0 Å². The van der Waals surface area contributed by atoms with Gasteiger partial charge in [0.1, 0.15) is 12.4 Å². The Balaban J connectivity index is 0.00000312. The van der Waals surface area contributed by atoms with E-state index in [0.29, 0.717) is 19.1 Å². The predicted octanol–water partition coefficient (Wildman–Crippen LogP) is 2.89. The van der Waals surface area contributed by atoms with Crippen molar-refractivity contribution in [3.8, 4) is 5.75 Å². The lowest BCUT2D eigenvalue weighted by atomic mass is 10.2. The van der Waals surface area contributed by atoms with E-state index < -0.39 is 0 Å². The van der Waals surface area contributed by atoms with Crippen LogP contribution in [-0.2, 0) is 6.54 Å². The van der Waals surface area contributed by atoms with E-state index in [-0.39, 0.29) is 24.0 Å². The van der Waals surface area contributed by atoms with Crippen molar-refractivity contribution >= 4 is 41.7 Å². The molecular formula is C18H31IN4OS. The number of hydrogen-bond acceptors (Lipinski definition) is 4. The highest BCUT2D eigenvalue weighted by Crippen LogP contribution is 2.19. The van der Waals surface area contributed by atoms with Crippen LogP contribution in [0.1, 0.15) is 19.4 Å². The van der Waals surface area contributed by atoms with Crippen LogP contribution < -0.4 is 10.5 Å². The van der Waals surface area contributed by atoms with E-state index >= 15 is 0 Å². The number of thioether (sulfide) groups is 1. The van der Waals surface area contributed by atoms with Crippen molar-refractivity contribution in [2.75, 3.05) is 50.8 Å². The third-order valence-corrected chi connectivity index (χ3v) is 5.22. The lowest BCUT2D eigenvalue weighted by Crippen LogP contribution is -2.42. The van der Waals surface area contributed by atoms with Gasteiger partial charge in [0, 0.05) is 36.7 Å². The Morgan fingerprint density at radius 2 is 1.92 bits per heavy atom. The molecule has 25 heavy (non-hydrogen) atoms. The van der Waals surface area contributed by atoms with E-state index in [2.05, 4.69) is 34.7 Å². The number of likely N-dealkylation sites (N-methyl/N-ethyl adjacent to an activating group) is 1. The molecule has 0 radical (unpaired) electrons. The predicted molar refractivity (Wildman–Crippen MR) is 119 cm³/mol. The first-order valence-electron chi connectivity index (χ1n) is 8.80. The van der Waals surface area contributed by atoms with E-state index in [9.17, 15) is 0 Å². The Morgan fingerprint density at radius 1 is 1.24 bits per heavy atom. The number of ether oxygens (including phenoxy) is 1. The molecule has 0 spiro atoms. The quantitative estimate of drug-likeness (QED) is 0.354. The molecule has 1 saturated heterocycles. The van der Waals surface area contributed by atoms with Gasteiger partial charge < -0.3 is 20.3 Å². The van der Waals surface area contributed by atoms with E-state index in [1.54, 1.807) is 0 Å². The normalized spacial score (nSPS) is 15.2. The van der Waals surface area contributed by atoms with Gasteiger partial charge in [-0.25, -0.2) is 4.99 Å². The summed E-state index contributed by atoms with van der Waals surface area (Å²) in [5.41, 5.74) is 7.23. The van der Waals surface area contributed by atoms with Gasteiger partial charge in [0.05, 0.1) is 6.54 Å².